The summed E-state index contributed by atoms with van der Waals surface area (Å²) < 4.78 is 61.5. The van der Waals surface area contributed by atoms with Gasteiger partial charge in [0.25, 0.3) is 11.8 Å². The number of fused-ring (bicyclic) bond motifs is 2. The van der Waals surface area contributed by atoms with E-state index in [1.54, 1.807) is 24.9 Å². The maximum Gasteiger partial charge on any atom is 0.407 e. The highest BCUT2D eigenvalue weighted by atomic mass is 35.5. The zero-order valence-corrected chi connectivity index (χ0v) is 50.7. The maximum absolute atomic E-state index is 13.9. The Kier molecular flexibility index (Phi) is 17.9. The lowest BCUT2D eigenvalue weighted by Crippen LogP contribution is -2.40. The van der Waals surface area contributed by atoms with Gasteiger partial charge in [0.2, 0.25) is 20.0 Å². The first-order chi connectivity index (χ1) is 41.0. The van der Waals surface area contributed by atoms with Crippen molar-refractivity contribution >= 4 is 95.5 Å². The normalized spacial score (nSPS) is 20.7. The summed E-state index contributed by atoms with van der Waals surface area (Å²) in [7, 11) is -7.24. The number of halogens is 2. The van der Waals surface area contributed by atoms with Crippen molar-refractivity contribution < 1.29 is 36.0 Å². The second-order valence-electron chi connectivity index (χ2n) is 22.1. The number of anilines is 4. The Morgan fingerprint density at radius 2 is 1.14 bits per heavy atom. The molecule has 3 amide bonds. The van der Waals surface area contributed by atoms with Gasteiger partial charge >= 0.3 is 6.09 Å². The lowest BCUT2D eigenvalue weighted by molar-refractivity contribution is 0.0600. The van der Waals surface area contributed by atoms with Crippen LogP contribution < -0.4 is 30.3 Å². The summed E-state index contributed by atoms with van der Waals surface area (Å²) in [6.07, 6.45) is 10.0. The molecule has 8 heterocycles. The molecule has 11 rings (SSSR count). The number of alkyl carbamates (subject to hydrolysis) is 1. The number of carbonyl (C=O) groups excluding carboxylic acids is 3. The molecule has 4 unspecified atom stereocenters. The summed E-state index contributed by atoms with van der Waals surface area (Å²) in [5.74, 6) is 0.0487. The number of rotatable bonds is 13. The van der Waals surface area contributed by atoms with Crippen LogP contribution in [0.15, 0.2) is 91.3 Å². The summed E-state index contributed by atoms with van der Waals surface area (Å²) in [5, 5.41) is 32.3. The van der Waals surface area contributed by atoms with Crippen molar-refractivity contribution in [3.8, 4) is 12.1 Å². The number of aromatic nitrogens is 6. The molecule has 0 radical (unpaired) electrons. The topological polar surface area (TPSA) is 312 Å². The molecule has 4 saturated heterocycles. The fraction of sp³-hybridized carbons (Fsp3) is 0.397. The minimum atomic E-state index is -3.64. The molecule has 0 spiro atoms. The molecule has 0 saturated carbocycles. The summed E-state index contributed by atoms with van der Waals surface area (Å²) in [6.45, 7) is 6.77. The third-order valence-corrected chi connectivity index (χ3v) is 17.3. The second-order valence-corrected chi connectivity index (χ2v) is 26.5. The SMILES string of the molecule is Cc1cn2nc([C@@H]3CCCCN3C(=O)c3cc(Cl)ccc3NS(C)(=O)=O)cc2nc1N1CC(C#N)C(NC(=O)OCc2ccccc2)C1.Cc1cn2nc([C@@H]3CCCCN3C(=O)c3cc(Cl)ccc3NS(C)(=O)=O)cc2nc1N1CC(N)C(C#N)C1. The van der Waals surface area contributed by atoms with Crippen molar-refractivity contribution in [2.75, 3.05) is 71.0 Å². The van der Waals surface area contributed by atoms with E-state index in [0.29, 0.717) is 90.7 Å². The number of sulfonamides is 2. The number of hydrogen-bond acceptors (Lipinski definition) is 17. The van der Waals surface area contributed by atoms with Crippen LogP contribution in [0.4, 0.5) is 27.8 Å². The summed E-state index contributed by atoms with van der Waals surface area (Å²) in [4.78, 5) is 57.5. The summed E-state index contributed by atoms with van der Waals surface area (Å²) in [5.41, 5.74) is 12.0. The highest BCUT2D eigenvalue weighted by Crippen LogP contribution is 2.37. The van der Waals surface area contributed by atoms with Gasteiger partial charge in [0, 0.05) is 91.0 Å². The van der Waals surface area contributed by atoms with Crippen molar-refractivity contribution in [1.29, 1.82) is 10.5 Å². The van der Waals surface area contributed by atoms with Gasteiger partial charge in [-0.1, -0.05) is 53.5 Å². The number of benzene rings is 3. The lowest BCUT2D eigenvalue weighted by Gasteiger charge is -2.35. The lowest BCUT2D eigenvalue weighted by atomic mass is 9.98. The van der Waals surface area contributed by atoms with Gasteiger partial charge in [-0.15, -0.1) is 0 Å². The number of nitrogens with zero attached hydrogens (tertiary/aromatic N) is 12. The molecule has 0 bridgehead atoms. The third-order valence-electron chi connectivity index (χ3n) is 15.6. The Balaban J connectivity index is 0.000000196. The number of likely N-dealkylation sites (tertiary alicyclic amines) is 2. The molecule has 0 aliphatic carbocycles. The number of ether oxygens (including phenoxy) is 1. The standard InChI is InChI=1S/C33H35ClN8O5S.C25H29ClN8O3S/c1-21-17-42-30(37-31(21)40-18-23(16-35)28(19-40)36-33(44)47-20-22-8-4-3-5-9-22)15-27(38-42)29-10-6-7-13-41(29)32(43)25-14-24(34)11-12-26(25)39-48(2,45)46;1-15-12-34-23(29-24(15)32-13-16(11-27)19(28)14-32)10-21(30-34)22-5-3-4-8-33(22)25(35)18-9-17(26)6-7-20(18)31-38(2,36)37/h3-5,8-9,11-12,14-15,17,23,28-29,39H,6-7,10,13,18-20H2,1-2H3,(H,36,44);6-7,9-10,12,16,19,22,31H,3-5,8,13-14,28H2,1-2H3/t23?,28?,29-;16?,19?,22-/m00/s1. The van der Waals surface area contributed by atoms with Gasteiger partial charge in [-0.3, -0.25) is 19.0 Å². The van der Waals surface area contributed by atoms with Gasteiger partial charge in [-0.25, -0.2) is 40.6 Å². The molecule has 28 heteroatoms. The average Bonchev–Trinajstić information content (AvgIpc) is 1.82. The molecule has 4 aromatic heterocycles. The number of aryl methyl sites for hydroxylation is 2. The molecule has 3 aromatic carbocycles. The van der Waals surface area contributed by atoms with E-state index >= 15 is 0 Å². The fourth-order valence-corrected chi connectivity index (χ4v) is 13.1. The van der Waals surface area contributed by atoms with E-state index < -0.39 is 38.1 Å². The van der Waals surface area contributed by atoms with Gasteiger partial charge in [0.05, 0.1) is 88.5 Å². The molecular weight excluding hydrogens is 1180 g/mol. The van der Waals surface area contributed by atoms with Crippen LogP contribution in [-0.2, 0) is 31.4 Å². The van der Waals surface area contributed by atoms with Crippen molar-refractivity contribution in [1.82, 2.24) is 44.3 Å². The molecule has 5 N–H and O–H groups in total. The van der Waals surface area contributed by atoms with Crippen molar-refractivity contribution in [3.05, 3.63) is 141 Å². The van der Waals surface area contributed by atoms with Crippen LogP contribution in [0, 0.1) is 48.3 Å². The Hall–Kier alpha value is -8.27. The number of nitrogens with one attached hydrogen (secondary N) is 3. The highest BCUT2D eigenvalue weighted by Gasteiger charge is 2.38. The van der Waals surface area contributed by atoms with Gasteiger partial charge in [-0.05, 0) is 94.3 Å². The van der Waals surface area contributed by atoms with E-state index in [0.717, 1.165) is 60.7 Å². The zero-order chi connectivity index (χ0) is 61.2. The van der Waals surface area contributed by atoms with E-state index in [-0.39, 0.29) is 65.0 Å². The summed E-state index contributed by atoms with van der Waals surface area (Å²) >= 11 is 12.4. The Morgan fingerprint density at radius 1 is 0.663 bits per heavy atom. The van der Waals surface area contributed by atoms with Crippen LogP contribution in [0.1, 0.15) is 99.4 Å². The van der Waals surface area contributed by atoms with Crippen LogP contribution in [0.3, 0.4) is 0 Å². The largest absolute Gasteiger partial charge is 0.445 e. The van der Waals surface area contributed by atoms with Crippen molar-refractivity contribution in [2.45, 2.75) is 83.1 Å². The van der Waals surface area contributed by atoms with Crippen LogP contribution in [0.5, 0.6) is 0 Å². The highest BCUT2D eigenvalue weighted by molar-refractivity contribution is 7.92. The molecule has 86 heavy (non-hydrogen) atoms. The number of piperidine rings is 2. The van der Waals surface area contributed by atoms with Crippen LogP contribution in [0.25, 0.3) is 11.3 Å². The third kappa shape index (κ3) is 13.9. The van der Waals surface area contributed by atoms with Crippen molar-refractivity contribution in [2.24, 2.45) is 17.6 Å². The molecule has 450 valence electrons. The van der Waals surface area contributed by atoms with Gasteiger partial charge < -0.3 is 35.4 Å². The molecule has 4 fully saturated rings. The molecular formula is C58H64Cl2N16O8S2. The quantitative estimate of drug-likeness (QED) is 0.0873. The predicted octanol–water partition coefficient (Wildman–Crippen LogP) is 7.40. The van der Waals surface area contributed by atoms with Crippen LogP contribution >= 0.6 is 23.2 Å². The van der Waals surface area contributed by atoms with Gasteiger partial charge in [0.15, 0.2) is 11.3 Å². The number of amides is 3. The first-order valence-electron chi connectivity index (χ1n) is 28.0. The van der Waals surface area contributed by atoms with Gasteiger partial charge in [0.1, 0.15) is 18.2 Å². The van der Waals surface area contributed by atoms with E-state index in [4.69, 9.17) is 53.8 Å². The van der Waals surface area contributed by atoms with Crippen molar-refractivity contribution in [3.63, 3.8) is 0 Å². The Bertz CT molecular complexity index is 4060. The average molecular weight is 1250 g/mol. The summed E-state index contributed by atoms with van der Waals surface area (Å²) in [6, 6.07) is 25.3. The van der Waals surface area contributed by atoms with E-state index in [9.17, 15) is 41.7 Å². The van der Waals surface area contributed by atoms with E-state index in [1.807, 2.05) is 78.5 Å². The number of hydrogen-bond donors (Lipinski definition) is 4. The predicted molar refractivity (Wildman–Crippen MR) is 325 cm³/mol. The van der Waals surface area contributed by atoms with Crippen LogP contribution in [-0.4, -0.2) is 138 Å². The van der Waals surface area contributed by atoms with E-state index in [2.05, 4.69) is 26.9 Å². The minimum absolute atomic E-state index is 0.128. The molecule has 4 aliphatic heterocycles. The number of carbonyl (C=O) groups is 3. The maximum atomic E-state index is 13.9. The van der Waals surface area contributed by atoms with Crippen LogP contribution in [0.2, 0.25) is 10.0 Å². The van der Waals surface area contributed by atoms with E-state index in [1.165, 1.54) is 30.3 Å². The molecule has 24 nitrogen and oxygen atoms in total. The monoisotopic (exact) mass is 1250 g/mol. The number of nitriles is 2. The minimum Gasteiger partial charge on any atom is -0.445 e. The Morgan fingerprint density at radius 3 is 1.60 bits per heavy atom. The molecule has 7 aromatic rings. The molecule has 4 aliphatic rings. The first-order valence-corrected chi connectivity index (χ1v) is 32.5. The number of nitrogens with two attached hydrogens (primary N) is 1. The fourth-order valence-electron chi connectivity index (χ4n) is 11.6. The molecule has 6 atom stereocenters. The second kappa shape index (κ2) is 25.4. The Labute approximate surface area is 507 Å². The van der Waals surface area contributed by atoms with Gasteiger partial charge in [-0.2, -0.15) is 20.7 Å². The zero-order valence-electron chi connectivity index (χ0n) is 47.6. The smallest absolute Gasteiger partial charge is 0.407 e. The first kappa shape index (κ1) is 60.8.